The van der Waals surface area contributed by atoms with Gasteiger partial charge in [-0.3, -0.25) is 9.52 Å². The molecule has 0 radical (unpaired) electrons. The predicted octanol–water partition coefficient (Wildman–Crippen LogP) is 1.81. The molecule has 1 aliphatic rings. The molecule has 0 spiro atoms. The van der Waals surface area contributed by atoms with Crippen LogP contribution in [-0.2, 0) is 15.0 Å². The first-order valence-electron chi connectivity index (χ1n) is 7.21. The molecule has 0 unspecified atom stereocenters. The average Bonchev–Trinajstić information content (AvgIpc) is 2.48. The van der Waals surface area contributed by atoms with Gasteiger partial charge >= 0.3 is 10.2 Å². The maximum absolute atomic E-state index is 12.0. The highest BCUT2D eigenvalue weighted by molar-refractivity contribution is 7.88. The number of ether oxygens (including phenoxy) is 1. The monoisotopic (exact) mass is 371 g/mol. The van der Waals surface area contributed by atoms with Gasteiger partial charge in [-0.2, -0.15) is 8.42 Å². The van der Waals surface area contributed by atoms with Crippen LogP contribution in [0.25, 0.3) is 0 Å². The first kappa shape index (κ1) is 18.3. The third-order valence-corrected chi connectivity index (χ3v) is 4.60. The fourth-order valence-electron chi connectivity index (χ4n) is 2.16. The van der Waals surface area contributed by atoms with Crippen molar-refractivity contribution in [1.82, 2.24) is 10.0 Å². The Bertz CT molecular complexity index is 785. The van der Waals surface area contributed by atoms with E-state index < -0.39 is 10.2 Å². The number of allylic oxidation sites excluding steroid dienone is 1. The van der Waals surface area contributed by atoms with E-state index >= 15 is 0 Å². The molecule has 9 heteroatoms. The molecule has 1 amide bonds. The molecule has 2 rings (SSSR count). The topological polar surface area (TPSA) is 96.9 Å². The Labute approximate surface area is 145 Å². The molecule has 0 fully saturated rings. The fourth-order valence-corrected chi connectivity index (χ4v) is 3.31. The second-order valence-electron chi connectivity index (χ2n) is 5.19. The van der Waals surface area contributed by atoms with Gasteiger partial charge in [-0.15, -0.1) is 4.40 Å². The van der Waals surface area contributed by atoms with Crippen LogP contribution in [0.15, 0.2) is 39.9 Å². The number of carbonyl (C=O) groups excluding carboxylic acids is 1. The number of benzene rings is 1. The van der Waals surface area contributed by atoms with Crippen molar-refractivity contribution >= 4 is 33.4 Å². The third kappa shape index (κ3) is 5.24. The van der Waals surface area contributed by atoms with Crippen LogP contribution >= 0.6 is 11.6 Å². The summed E-state index contributed by atoms with van der Waals surface area (Å²) in [6, 6.07) is 6.92. The molecule has 0 saturated heterocycles. The summed E-state index contributed by atoms with van der Waals surface area (Å²) in [5.74, 6) is 0.427. The molecule has 0 atom stereocenters. The van der Waals surface area contributed by atoms with E-state index in [0.29, 0.717) is 40.9 Å². The summed E-state index contributed by atoms with van der Waals surface area (Å²) in [5.41, 5.74) is 1.30. The molecular weight excluding hydrogens is 354 g/mol. The van der Waals surface area contributed by atoms with E-state index in [1.807, 2.05) is 0 Å². The minimum absolute atomic E-state index is 0.0463. The first-order valence-corrected chi connectivity index (χ1v) is 9.03. The molecule has 0 saturated carbocycles. The second kappa shape index (κ2) is 7.67. The van der Waals surface area contributed by atoms with Gasteiger partial charge in [-0.25, -0.2) is 0 Å². The Kier molecular flexibility index (Phi) is 5.84. The number of rotatable bonds is 6. The lowest BCUT2D eigenvalue weighted by Crippen LogP contribution is -2.32. The van der Waals surface area contributed by atoms with Gasteiger partial charge in [0.1, 0.15) is 12.4 Å². The number of halogens is 1. The van der Waals surface area contributed by atoms with Crippen LogP contribution in [0.3, 0.4) is 0 Å². The van der Waals surface area contributed by atoms with Crippen LogP contribution < -0.4 is 14.8 Å². The molecule has 2 N–H and O–H groups in total. The molecule has 0 bridgehead atoms. The quantitative estimate of drug-likeness (QED) is 0.745. The molecule has 130 valence electrons. The van der Waals surface area contributed by atoms with Gasteiger partial charge in [0.2, 0.25) is 5.91 Å². The number of carbonyl (C=O) groups is 1. The van der Waals surface area contributed by atoms with Crippen LogP contribution in [0.5, 0.6) is 5.75 Å². The van der Waals surface area contributed by atoms with E-state index in [0.717, 1.165) is 0 Å². The number of nitrogens with one attached hydrogen (secondary N) is 2. The number of nitrogens with zero attached hydrogens (tertiary/aromatic N) is 1. The molecule has 0 aromatic heterocycles. The van der Waals surface area contributed by atoms with Crippen molar-refractivity contribution in [2.45, 2.75) is 20.3 Å². The van der Waals surface area contributed by atoms with Crippen molar-refractivity contribution in [3.8, 4) is 5.75 Å². The molecule has 24 heavy (non-hydrogen) atoms. The third-order valence-electron chi connectivity index (χ3n) is 3.27. The summed E-state index contributed by atoms with van der Waals surface area (Å²) in [6.07, 6.45) is 0.0463. The van der Waals surface area contributed by atoms with Gasteiger partial charge in [-0.1, -0.05) is 11.6 Å². The summed E-state index contributed by atoms with van der Waals surface area (Å²) >= 11 is 5.78. The SMILES string of the molecule is CC1=NS(=O)(=O)NC(C)=C1CC(=O)NCCOc1ccc(Cl)cc1. The Morgan fingerprint density at radius 3 is 2.58 bits per heavy atom. The van der Waals surface area contributed by atoms with Crippen molar-refractivity contribution < 1.29 is 17.9 Å². The zero-order chi connectivity index (χ0) is 17.7. The van der Waals surface area contributed by atoms with Crippen LogP contribution in [-0.4, -0.2) is 33.2 Å². The second-order valence-corrected chi connectivity index (χ2v) is 6.96. The number of hydrogen-bond acceptors (Lipinski definition) is 4. The van der Waals surface area contributed by atoms with E-state index in [-0.39, 0.29) is 12.3 Å². The summed E-state index contributed by atoms with van der Waals surface area (Å²) in [7, 11) is -3.69. The molecule has 1 aromatic carbocycles. The largest absolute Gasteiger partial charge is 0.492 e. The Balaban J connectivity index is 1.79. The van der Waals surface area contributed by atoms with Crippen molar-refractivity contribution in [2.24, 2.45) is 4.40 Å². The van der Waals surface area contributed by atoms with E-state index in [1.165, 1.54) is 0 Å². The van der Waals surface area contributed by atoms with Crippen LogP contribution in [0.4, 0.5) is 0 Å². The normalized spacial score (nSPS) is 16.2. The highest BCUT2D eigenvalue weighted by Gasteiger charge is 2.21. The van der Waals surface area contributed by atoms with Gasteiger partial charge in [0, 0.05) is 16.3 Å². The van der Waals surface area contributed by atoms with Gasteiger partial charge in [0.05, 0.1) is 18.7 Å². The van der Waals surface area contributed by atoms with Crippen LogP contribution in [0.2, 0.25) is 5.02 Å². The van der Waals surface area contributed by atoms with E-state index in [1.54, 1.807) is 38.1 Å². The number of hydrogen-bond donors (Lipinski definition) is 2. The fraction of sp³-hybridized carbons (Fsp3) is 0.333. The van der Waals surface area contributed by atoms with Crippen LogP contribution in [0, 0.1) is 0 Å². The Hall–Kier alpha value is -2.06. The van der Waals surface area contributed by atoms with Gasteiger partial charge in [0.15, 0.2) is 0 Å². The smallest absolute Gasteiger partial charge is 0.342 e. The van der Waals surface area contributed by atoms with E-state index in [9.17, 15) is 13.2 Å². The maximum Gasteiger partial charge on any atom is 0.342 e. The van der Waals surface area contributed by atoms with Gasteiger partial charge in [-0.05, 0) is 38.1 Å². The molecule has 1 heterocycles. The summed E-state index contributed by atoms with van der Waals surface area (Å²) in [5, 5.41) is 3.34. The standard InChI is InChI=1S/C15H18ClN3O4S/c1-10-14(11(2)19-24(21,22)18-10)9-15(20)17-7-8-23-13-5-3-12(16)4-6-13/h3-6,18H,7-9H2,1-2H3,(H,17,20). The summed E-state index contributed by atoms with van der Waals surface area (Å²) < 4.78 is 34.1. The Morgan fingerprint density at radius 1 is 1.29 bits per heavy atom. The Morgan fingerprint density at radius 2 is 1.96 bits per heavy atom. The summed E-state index contributed by atoms with van der Waals surface area (Å²) in [4.78, 5) is 12.0. The molecule has 1 aliphatic heterocycles. The lowest BCUT2D eigenvalue weighted by molar-refractivity contribution is -0.120. The lowest BCUT2D eigenvalue weighted by atomic mass is 10.1. The first-order chi connectivity index (χ1) is 11.3. The maximum atomic E-state index is 12.0. The minimum Gasteiger partial charge on any atom is -0.492 e. The van der Waals surface area contributed by atoms with Crippen LogP contribution in [0.1, 0.15) is 20.3 Å². The van der Waals surface area contributed by atoms with E-state index in [4.69, 9.17) is 16.3 Å². The summed E-state index contributed by atoms with van der Waals surface area (Å²) in [6.45, 7) is 3.80. The van der Waals surface area contributed by atoms with Crippen molar-refractivity contribution in [1.29, 1.82) is 0 Å². The van der Waals surface area contributed by atoms with E-state index in [2.05, 4.69) is 14.4 Å². The molecule has 7 nitrogen and oxygen atoms in total. The zero-order valence-corrected chi connectivity index (χ0v) is 14.9. The van der Waals surface area contributed by atoms with Crippen molar-refractivity contribution in [2.75, 3.05) is 13.2 Å². The van der Waals surface area contributed by atoms with Gasteiger partial charge in [0.25, 0.3) is 0 Å². The highest BCUT2D eigenvalue weighted by Crippen LogP contribution is 2.17. The predicted molar refractivity (Wildman–Crippen MR) is 92.4 cm³/mol. The minimum atomic E-state index is -3.69. The molecular formula is C15H18ClN3O4S. The van der Waals surface area contributed by atoms with Crippen molar-refractivity contribution in [3.05, 3.63) is 40.6 Å². The molecule has 0 aliphatic carbocycles. The average molecular weight is 372 g/mol. The lowest BCUT2D eigenvalue weighted by Gasteiger charge is -2.17. The zero-order valence-electron chi connectivity index (χ0n) is 13.3. The molecule has 1 aromatic rings. The van der Waals surface area contributed by atoms with Gasteiger partial charge < -0.3 is 10.1 Å². The number of amides is 1. The highest BCUT2D eigenvalue weighted by atomic mass is 35.5. The van der Waals surface area contributed by atoms with Crippen molar-refractivity contribution in [3.63, 3.8) is 0 Å².